The molecule has 1 saturated carbocycles. The lowest BCUT2D eigenvalue weighted by atomic mass is 9.86. The normalized spacial score (nSPS) is 15.3. The molecule has 1 N–H and O–H groups in total. The van der Waals surface area contributed by atoms with Crippen molar-refractivity contribution in [3.05, 3.63) is 70.9 Å². The summed E-state index contributed by atoms with van der Waals surface area (Å²) in [4.78, 5) is 0.237. The molecule has 1 aliphatic rings. The molecule has 0 aliphatic heterocycles. The number of anilines is 1. The second-order valence-corrected chi connectivity index (χ2v) is 10.0. The van der Waals surface area contributed by atoms with Gasteiger partial charge in [-0.2, -0.15) is 0 Å². The van der Waals surface area contributed by atoms with Crippen LogP contribution in [-0.4, -0.2) is 18.2 Å². The Kier molecular flexibility index (Phi) is 5.69. The van der Waals surface area contributed by atoms with E-state index in [0.29, 0.717) is 11.7 Å². The number of rotatable bonds is 5. The Hall–Kier alpha value is -2.60. The Morgan fingerprint density at radius 1 is 0.933 bits per heavy atom. The molecule has 1 fully saturated rings. The first-order chi connectivity index (χ1) is 14.3. The number of hydrogen-bond acceptors (Lipinski definition) is 3. The van der Waals surface area contributed by atoms with Crippen LogP contribution in [0.25, 0.3) is 5.69 Å². The molecule has 1 aromatic heterocycles. The van der Waals surface area contributed by atoms with E-state index in [-0.39, 0.29) is 4.90 Å². The van der Waals surface area contributed by atoms with Gasteiger partial charge in [0.1, 0.15) is 0 Å². The highest BCUT2D eigenvalue weighted by molar-refractivity contribution is 7.92. The molecule has 2 aromatic carbocycles. The molecule has 0 atom stereocenters. The minimum Gasteiger partial charge on any atom is -0.262 e. The molecule has 0 unspecified atom stereocenters. The first-order valence-corrected chi connectivity index (χ1v) is 12.1. The van der Waals surface area contributed by atoms with Gasteiger partial charge in [-0.1, -0.05) is 55.2 Å². The molecule has 0 bridgehead atoms. The standard InChI is InChI=1S/C24H29N3O2S/c1-17-14-18(2)24(19(3)15-17)27-22(20-10-6-4-7-11-20)16-23(25-27)26-30(28,29)21-12-8-5-9-13-21/h5,8-9,12-16,20H,4,6-7,10-11H2,1-3H3,(H,25,26). The fraction of sp³-hybridized carbons (Fsp3) is 0.375. The van der Waals surface area contributed by atoms with Gasteiger partial charge >= 0.3 is 0 Å². The lowest BCUT2D eigenvalue weighted by molar-refractivity contribution is 0.429. The zero-order chi connectivity index (χ0) is 21.3. The fourth-order valence-corrected chi connectivity index (χ4v) is 5.62. The number of aryl methyl sites for hydroxylation is 3. The van der Waals surface area contributed by atoms with Crippen molar-refractivity contribution < 1.29 is 8.42 Å². The van der Waals surface area contributed by atoms with Crippen LogP contribution in [-0.2, 0) is 10.0 Å². The third-order valence-corrected chi connectivity index (χ3v) is 7.27. The largest absolute Gasteiger partial charge is 0.263 e. The molecule has 3 aromatic rings. The third-order valence-electron chi connectivity index (χ3n) is 5.90. The molecule has 0 saturated heterocycles. The molecular formula is C24H29N3O2S. The summed E-state index contributed by atoms with van der Waals surface area (Å²) in [6.07, 6.45) is 5.89. The van der Waals surface area contributed by atoms with E-state index in [0.717, 1.165) is 35.3 Å². The summed E-state index contributed by atoms with van der Waals surface area (Å²) in [7, 11) is -3.68. The van der Waals surface area contributed by atoms with Gasteiger partial charge in [0.05, 0.1) is 10.6 Å². The fourth-order valence-electron chi connectivity index (χ4n) is 4.62. The van der Waals surface area contributed by atoms with E-state index in [1.807, 2.05) is 10.7 Å². The number of nitrogens with zero attached hydrogens (tertiary/aromatic N) is 2. The second kappa shape index (κ2) is 8.26. The molecule has 5 nitrogen and oxygen atoms in total. The number of hydrogen-bond donors (Lipinski definition) is 1. The number of aromatic nitrogens is 2. The highest BCUT2D eigenvalue weighted by atomic mass is 32.2. The predicted octanol–water partition coefficient (Wildman–Crippen LogP) is 5.65. The van der Waals surface area contributed by atoms with E-state index < -0.39 is 10.0 Å². The van der Waals surface area contributed by atoms with E-state index in [2.05, 4.69) is 37.6 Å². The number of sulfonamides is 1. The van der Waals surface area contributed by atoms with Crippen LogP contribution < -0.4 is 4.72 Å². The minimum absolute atomic E-state index is 0.237. The van der Waals surface area contributed by atoms with Crippen LogP contribution >= 0.6 is 0 Å². The Morgan fingerprint density at radius 2 is 1.57 bits per heavy atom. The van der Waals surface area contributed by atoms with Crippen molar-refractivity contribution in [1.29, 1.82) is 0 Å². The van der Waals surface area contributed by atoms with Crippen LogP contribution in [0.5, 0.6) is 0 Å². The summed E-state index contributed by atoms with van der Waals surface area (Å²) in [5.41, 5.74) is 5.64. The Morgan fingerprint density at radius 3 is 2.20 bits per heavy atom. The van der Waals surface area contributed by atoms with Crippen LogP contribution in [0.4, 0.5) is 5.82 Å². The lowest BCUT2D eigenvalue weighted by Crippen LogP contribution is -2.14. The van der Waals surface area contributed by atoms with Gasteiger partial charge in [-0.25, -0.2) is 13.1 Å². The van der Waals surface area contributed by atoms with Gasteiger partial charge in [-0.05, 0) is 56.9 Å². The van der Waals surface area contributed by atoms with E-state index in [9.17, 15) is 8.42 Å². The molecule has 1 aliphatic carbocycles. The van der Waals surface area contributed by atoms with Crippen molar-refractivity contribution >= 4 is 15.8 Å². The van der Waals surface area contributed by atoms with E-state index in [1.54, 1.807) is 30.3 Å². The molecule has 0 spiro atoms. The van der Waals surface area contributed by atoms with Gasteiger partial charge in [0, 0.05) is 17.7 Å². The van der Waals surface area contributed by atoms with Crippen LogP contribution in [0.15, 0.2) is 53.4 Å². The topological polar surface area (TPSA) is 64.0 Å². The Labute approximate surface area is 179 Å². The molecule has 30 heavy (non-hydrogen) atoms. The van der Waals surface area contributed by atoms with E-state index >= 15 is 0 Å². The average molecular weight is 424 g/mol. The molecule has 6 heteroatoms. The first kappa shape index (κ1) is 20.7. The monoisotopic (exact) mass is 423 g/mol. The summed E-state index contributed by atoms with van der Waals surface area (Å²) < 4.78 is 30.4. The van der Waals surface area contributed by atoms with Gasteiger partial charge in [0.25, 0.3) is 10.0 Å². The van der Waals surface area contributed by atoms with Crippen molar-refractivity contribution in [3.63, 3.8) is 0 Å². The van der Waals surface area contributed by atoms with Crippen molar-refractivity contribution in [1.82, 2.24) is 9.78 Å². The predicted molar refractivity (Wildman–Crippen MR) is 121 cm³/mol. The van der Waals surface area contributed by atoms with E-state index in [4.69, 9.17) is 5.10 Å². The maximum absolute atomic E-state index is 12.9. The van der Waals surface area contributed by atoms with Gasteiger partial charge < -0.3 is 0 Å². The maximum Gasteiger partial charge on any atom is 0.263 e. The second-order valence-electron chi connectivity index (χ2n) is 8.37. The summed E-state index contributed by atoms with van der Waals surface area (Å²) in [6, 6.07) is 14.7. The van der Waals surface area contributed by atoms with Gasteiger partial charge in [0.15, 0.2) is 5.82 Å². The lowest BCUT2D eigenvalue weighted by Gasteiger charge is -2.23. The summed E-state index contributed by atoms with van der Waals surface area (Å²) in [5, 5.41) is 4.74. The van der Waals surface area contributed by atoms with Crippen molar-refractivity contribution in [2.75, 3.05) is 4.72 Å². The van der Waals surface area contributed by atoms with E-state index in [1.165, 1.54) is 24.8 Å². The average Bonchev–Trinajstić information content (AvgIpc) is 3.11. The first-order valence-electron chi connectivity index (χ1n) is 10.6. The molecule has 158 valence electrons. The van der Waals surface area contributed by atoms with Crippen molar-refractivity contribution in [2.45, 2.75) is 63.7 Å². The molecule has 0 amide bonds. The SMILES string of the molecule is Cc1cc(C)c(-n2nc(NS(=O)(=O)c3ccccc3)cc2C2CCCCC2)c(C)c1. The zero-order valence-electron chi connectivity index (χ0n) is 17.9. The quantitative estimate of drug-likeness (QED) is 0.577. The highest BCUT2D eigenvalue weighted by Gasteiger charge is 2.25. The van der Waals surface area contributed by atoms with Gasteiger partial charge in [0.2, 0.25) is 0 Å². The zero-order valence-corrected chi connectivity index (χ0v) is 18.7. The van der Waals surface area contributed by atoms with Gasteiger partial charge in [-0.3, -0.25) is 4.72 Å². The molecular weight excluding hydrogens is 394 g/mol. The van der Waals surface area contributed by atoms with Crippen LogP contribution in [0.1, 0.15) is 60.4 Å². The number of nitrogens with one attached hydrogen (secondary N) is 1. The minimum atomic E-state index is -3.68. The molecule has 4 rings (SSSR count). The van der Waals surface area contributed by atoms with Gasteiger partial charge in [-0.15, -0.1) is 5.10 Å². The Bertz CT molecular complexity index is 1120. The van der Waals surface area contributed by atoms with Crippen LogP contribution in [0.3, 0.4) is 0 Å². The summed E-state index contributed by atoms with van der Waals surface area (Å²) >= 11 is 0. The highest BCUT2D eigenvalue weighted by Crippen LogP contribution is 2.36. The van der Waals surface area contributed by atoms with Crippen LogP contribution in [0, 0.1) is 20.8 Å². The molecule has 0 radical (unpaired) electrons. The Balaban J connectivity index is 1.79. The van der Waals surface area contributed by atoms with Crippen molar-refractivity contribution in [3.8, 4) is 5.69 Å². The van der Waals surface area contributed by atoms with Crippen LogP contribution in [0.2, 0.25) is 0 Å². The van der Waals surface area contributed by atoms with Crippen molar-refractivity contribution in [2.24, 2.45) is 0 Å². The smallest absolute Gasteiger partial charge is 0.262 e. The number of benzene rings is 2. The molecule has 1 heterocycles. The maximum atomic E-state index is 12.9. The summed E-state index contributed by atoms with van der Waals surface area (Å²) in [5.74, 6) is 0.764. The third kappa shape index (κ3) is 4.15. The summed E-state index contributed by atoms with van der Waals surface area (Å²) in [6.45, 7) is 6.28.